The summed E-state index contributed by atoms with van der Waals surface area (Å²) in [7, 11) is 0. The number of aryl methyl sites for hydroxylation is 2. The van der Waals surface area contributed by atoms with E-state index in [9.17, 15) is 9.59 Å². The molecule has 2 rings (SSSR count). The molecule has 1 heterocycles. The third kappa shape index (κ3) is 5.16. The molecule has 0 radical (unpaired) electrons. The number of carbonyl (C=O) groups is 2. The number of aromatic nitrogens is 1. The molecule has 2 amide bonds. The maximum Gasteiger partial charge on any atom is 0.274 e. The van der Waals surface area contributed by atoms with Gasteiger partial charge < -0.3 is 10.2 Å². The Morgan fingerprint density at radius 1 is 0.963 bits per heavy atom. The van der Waals surface area contributed by atoms with Gasteiger partial charge in [-0.1, -0.05) is 45.0 Å². The summed E-state index contributed by atoms with van der Waals surface area (Å²) < 4.78 is 0. The van der Waals surface area contributed by atoms with Crippen molar-refractivity contribution in [1.82, 2.24) is 9.88 Å². The number of benzene rings is 1. The van der Waals surface area contributed by atoms with Crippen LogP contribution in [0.3, 0.4) is 0 Å². The van der Waals surface area contributed by atoms with E-state index in [-0.39, 0.29) is 17.5 Å². The minimum atomic E-state index is -0.300. The van der Waals surface area contributed by atoms with E-state index in [0.717, 1.165) is 36.1 Å². The van der Waals surface area contributed by atoms with E-state index in [0.29, 0.717) is 18.8 Å². The van der Waals surface area contributed by atoms with Gasteiger partial charge in [0.1, 0.15) is 11.4 Å². The highest BCUT2D eigenvalue weighted by Gasteiger charge is 2.18. The molecule has 0 unspecified atom stereocenters. The summed E-state index contributed by atoms with van der Waals surface area (Å²) in [5, 5.41) is 2.97. The molecule has 0 saturated heterocycles. The van der Waals surface area contributed by atoms with Crippen LogP contribution < -0.4 is 5.32 Å². The standard InChI is InChI=1S/C22H29N3O2/c1-5-14-25(15-6-2)22(27)19-13-9-12-18(23-19)21(26)24-20-16(4)10-8-11-17(20)7-3/h8-13H,5-7,14-15H2,1-4H3,(H,24,26). The van der Waals surface area contributed by atoms with Crippen LogP contribution in [0.1, 0.15) is 65.7 Å². The van der Waals surface area contributed by atoms with Gasteiger partial charge in [-0.15, -0.1) is 0 Å². The molecule has 2 aromatic rings. The molecule has 0 spiro atoms. The summed E-state index contributed by atoms with van der Waals surface area (Å²) in [5.74, 6) is -0.426. The summed E-state index contributed by atoms with van der Waals surface area (Å²) in [5.41, 5.74) is 3.46. The fourth-order valence-electron chi connectivity index (χ4n) is 3.08. The van der Waals surface area contributed by atoms with Crippen LogP contribution >= 0.6 is 0 Å². The number of amides is 2. The van der Waals surface area contributed by atoms with Gasteiger partial charge in [0.15, 0.2) is 0 Å². The first kappa shape index (κ1) is 20.6. The van der Waals surface area contributed by atoms with Gasteiger partial charge in [0.05, 0.1) is 0 Å². The Balaban J connectivity index is 2.24. The van der Waals surface area contributed by atoms with E-state index >= 15 is 0 Å². The van der Waals surface area contributed by atoms with Crippen molar-refractivity contribution in [3.8, 4) is 0 Å². The SMILES string of the molecule is CCCN(CCC)C(=O)c1cccc(C(=O)Nc2c(C)cccc2CC)n1. The zero-order valence-electron chi connectivity index (χ0n) is 16.7. The number of carbonyl (C=O) groups excluding carboxylic acids is 2. The van der Waals surface area contributed by atoms with Crippen LogP contribution in [0.5, 0.6) is 0 Å². The van der Waals surface area contributed by atoms with Gasteiger partial charge in [-0.25, -0.2) is 4.98 Å². The predicted molar refractivity (Wildman–Crippen MR) is 109 cm³/mol. The van der Waals surface area contributed by atoms with Crippen LogP contribution in [0.25, 0.3) is 0 Å². The Bertz CT molecular complexity index is 796. The molecule has 0 aliphatic heterocycles. The second-order valence-electron chi connectivity index (χ2n) is 6.62. The van der Waals surface area contributed by atoms with Gasteiger partial charge in [-0.2, -0.15) is 0 Å². The average molecular weight is 367 g/mol. The van der Waals surface area contributed by atoms with Crippen LogP contribution in [0.4, 0.5) is 5.69 Å². The van der Waals surface area contributed by atoms with Crippen molar-refractivity contribution in [3.63, 3.8) is 0 Å². The van der Waals surface area contributed by atoms with Gasteiger partial charge >= 0.3 is 0 Å². The highest BCUT2D eigenvalue weighted by Crippen LogP contribution is 2.21. The molecule has 5 nitrogen and oxygen atoms in total. The molecule has 144 valence electrons. The van der Waals surface area contributed by atoms with Crippen LogP contribution in [0, 0.1) is 6.92 Å². The van der Waals surface area contributed by atoms with Crippen LogP contribution in [-0.4, -0.2) is 34.8 Å². The van der Waals surface area contributed by atoms with Crippen LogP contribution in [0.15, 0.2) is 36.4 Å². The van der Waals surface area contributed by atoms with Crippen molar-refractivity contribution in [3.05, 3.63) is 58.9 Å². The molecule has 0 saturated carbocycles. The third-order valence-electron chi connectivity index (χ3n) is 4.45. The number of hydrogen-bond donors (Lipinski definition) is 1. The lowest BCUT2D eigenvalue weighted by atomic mass is 10.1. The van der Waals surface area contributed by atoms with E-state index in [4.69, 9.17) is 0 Å². The van der Waals surface area contributed by atoms with Crippen LogP contribution in [-0.2, 0) is 6.42 Å². The molecule has 1 aromatic heterocycles. The summed E-state index contributed by atoms with van der Waals surface area (Å²) in [4.78, 5) is 31.6. The minimum Gasteiger partial charge on any atom is -0.337 e. The summed E-state index contributed by atoms with van der Waals surface area (Å²) in [6.45, 7) is 9.48. The monoisotopic (exact) mass is 367 g/mol. The van der Waals surface area contributed by atoms with Crippen molar-refractivity contribution in [2.24, 2.45) is 0 Å². The van der Waals surface area contributed by atoms with Crippen molar-refractivity contribution in [2.75, 3.05) is 18.4 Å². The predicted octanol–water partition coefficient (Wildman–Crippen LogP) is 4.47. The van der Waals surface area contributed by atoms with Gasteiger partial charge in [0, 0.05) is 18.8 Å². The molecule has 0 bridgehead atoms. The Kier molecular flexibility index (Phi) is 7.53. The van der Waals surface area contributed by atoms with Gasteiger partial charge in [-0.05, 0) is 49.4 Å². The quantitative estimate of drug-likeness (QED) is 0.749. The highest BCUT2D eigenvalue weighted by molar-refractivity contribution is 6.04. The maximum absolute atomic E-state index is 12.7. The summed E-state index contributed by atoms with van der Waals surface area (Å²) in [6, 6.07) is 11.0. The fraction of sp³-hybridized carbons (Fsp3) is 0.409. The molecular weight excluding hydrogens is 338 g/mol. The molecule has 1 N–H and O–H groups in total. The second-order valence-corrected chi connectivity index (χ2v) is 6.62. The third-order valence-corrected chi connectivity index (χ3v) is 4.45. The normalized spacial score (nSPS) is 10.5. The number of rotatable bonds is 8. The molecule has 1 aromatic carbocycles. The maximum atomic E-state index is 12.7. The topological polar surface area (TPSA) is 62.3 Å². The van der Waals surface area contributed by atoms with Gasteiger partial charge in [0.25, 0.3) is 11.8 Å². The number of hydrogen-bond acceptors (Lipinski definition) is 3. The van der Waals surface area contributed by atoms with E-state index in [2.05, 4.69) is 17.2 Å². The first-order valence-electron chi connectivity index (χ1n) is 9.67. The zero-order valence-corrected chi connectivity index (χ0v) is 16.7. The fourth-order valence-corrected chi connectivity index (χ4v) is 3.08. The Morgan fingerprint density at radius 3 is 2.22 bits per heavy atom. The number of anilines is 1. The lowest BCUT2D eigenvalue weighted by Gasteiger charge is -2.21. The molecular formula is C22H29N3O2. The molecule has 5 heteroatoms. The molecule has 0 aliphatic rings. The van der Waals surface area contributed by atoms with E-state index in [1.807, 2.05) is 39.0 Å². The summed E-state index contributed by atoms with van der Waals surface area (Å²) in [6.07, 6.45) is 2.60. The van der Waals surface area contributed by atoms with Crippen molar-refractivity contribution < 1.29 is 9.59 Å². The number of para-hydroxylation sites is 1. The van der Waals surface area contributed by atoms with Crippen molar-refractivity contribution in [1.29, 1.82) is 0 Å². The van der Waals surface area contributed by atoms with E-state index in [1.54, 1.807) is 23.1 Å². The van der Waals surface area contributed by atoms with Crippen molar-refractivity contribution in [2.45, 2.75) is 47.0 Å². The number of pyridine rings is 1. The number of nitrogens with one attached hydrogen (secondary N) is 1. The zero-order chi connectivity index (χ0) is 19.8. The average Bonchev–Trinajstić information content (AvgIpc) is 2.68. The highest BCUT2D eigenvalue weighted by atomic mass is 16.2. The second kappa shape index (κ2) is 9.86. The van der Waals surface area contributed by atoms with Crippen LogP contribution in [0.2, 0.25) is 0 Å². The summed E-state index contributed by atoms with van der Waals surface area (Å²) >= 11 is 0. The Morgan fingerprint density at radius 2 is 1.59 bits per heavy atom. The molecule has 27 heavy (non-hydrogen) atoms. The molecule has 0 atom stereocenters. The molecule has 0 aliphatic carbocycles. The Hall–Kier alpha value is -2.69. The lowest BCUT2D eigenvalue weighted by Crippen LogP contribution is -2.33. The lowest BCUT2D eigenvalue weighted by molar-refractivity contribution is 0.0749. The first-order chi connectivity index (χ1) is 13.0. The van der Waals surface area contributed by atoms with Gasteiger partial charge in [-0.3, -0.25) is 9.59 Å². The van der Waals surface area contributed by atoms with Crippen molar-refractivity contribution >= 4 is 17.5 Å². The molecule has 0 fully saturated rings. The smallest absolute Gasteiger partial charge is 0.274 e. The largest absolute Gasteiger partial charge is 0.337 e. The van der Waals surface area contributed by atoms with Gasteiger partial charge in [0.2, 0.25) is 0 Å². The van der Waals surface area contributed by atoms with E-state index < -0.39 is 0 Å². The minimum absolute atomic E-state index is 0.126. The first-order valence-corrected chi connectivity index (χ1v) is 9.67. The van der Waals surface area contributed by atoms with E-state index in [1.165, 1.54) is 0 Å². The Labute approximate surface area is 161 Å². The number of nitrogens with zero attached hydrogens (tertiary/aromatic N) is 2.